The molecule has 2 fully saturated rings. The van der Waals surface area contributed by atoms with E-state index in [0.29, 0.717) is 12.0 Å². The van der Waals surface area contributed by atoms with Crippen LogP contribution < -0.4 is 5.32 Å². The highest BCUT2D eigenvalue weighted by Crippen LogP contribution is 2.44. The molecule has 2 atom stereocenters. The molecule has 0 spiro atoms. The van der Waals surface area contributed by atoms with Gasteiger partial charge in [0, 0.05) is 12.0 Å². The molecule has 1 heterocycles. The third-order valence-corrected chi connectivity index (χ3v) is 5.65. The van der Waals surface area contributed by atoms with Crippen molar-refractivity contribution in [3.8, 4) is 0 Å². The van der Waals surface area contributed by atoms with Crippen molar-refractivity contribution in [2.75, 3.05) is 6.54 Å². The number of rotatable bonds is 7. The smallest absolute Gasteiger partial charge is 0.0677 e. The van der Waals surface area contributed by atoms with Gasteiger partial charge >= 0.3 is 0 Å². The molecule has 0 aromatic heterocycles. The molecular weight excluding hydrogens is 258 g/mol. The van der Waals surface area contributed by atoms with Crippen LogP contribution in [0.4, 0.5) is 0 Å². The van der Waals surface area contributed by atoms with E-state index in [2.05, 4.69) is 39.9 Å². The Morgan fingerprint density at radius 2 is 1.81 bits per heavy atom. The van der Waals surface area contributed by atoms with Gasteiger partial charge in [-0.1, -0.05) is 32.6 Å². The lowest BCUT2D eigenvalue weighted by atomic mass is 9.79. The van der Waals surface area contributed by atoms with E-state index >= 15 is 0 Å². The van der Waals surface area contributed by atoms with Crippen molar-refractivity contribution in [2.45, 2.75) is 103 Å². The normalized spacial score (nSPS) is 29.9. The highest BCUT2D eigenvalue weighted by molar-refractivity contribution is 4.99. The Morgan fingerprint density at radius 1 is 1.14 bits per heavy atom. The maximum Gasteiger partial charge on any atom is 0.0677 e. The summed E-state index contributed by atoms with van der Waals surface area (Å²) in [5.41, 5.74) is 0.0399. The summed E-state index contributed by atoms with van der Waals surface area (Å²) in [6, 6.07) is 0.627. The van der Waals surface area contributed by atoms with Crippen molar-refractivity contribution in [2.24, 2.45) is 11.8 Å². The summed E-state index contributed by atoms with van der Waals surface area (Å²) in [5.74, 6) is 1.63. The van der Waals surface area contributed by atoms with Gasteiger partial charge in [-0.05, 0) is 65.8 Å². The molecule has 2 unspecified atom stereocenters. The molecule has 1 aliphatic carbocycles. The average molecular weight is 296 g/mol. The van der Waals surface area contributed by atoms with Crippen LogP contribution >= 0.6 is 0 Å². The van der Waals surface area contributed by atoms with Crippen molar-refractivity contribution < 1.29 is 4.74 Å². The number of hydrogen-bond donors (Lipinski definition) is 1. The van der Waals surface area contributed by atoms with Crippen LogP contribution in [0.15, 0.2) is 0 Å². The van der Waals surface area contributed by atoms with Gasteiger partial charge in [-0.2, -0.15) is 0 Å². The van der Waals surface area contributed by atoms with E-state index in [1.807, 2.05) is 0 Å². The highest BCUT2D eigenvalue weighted by atomic mass is 16.5. The van der Waals surface area contributed by atoms with Crippen molar-refractivity contribution in [3.05, 3.63) is 0 Å². The molecule has 0 radical (unpaired) electrons. The topological polar surface area (TPSA) is 21.3 Å². The molecule has 2 heteroatoms. The Morgan fingerprint density at radius 3 is 2.33 bits per heavy atom. The van der Waals surface area contributed by atoms with Crippen molar-refractivity contribution in [1.29, 1.82) is 0 Å². The predicted octanol–water partition coefficient (Wildman–Crippen LogP) is 4.92. The first-order chi connectivity index (χ1) is 9.84. The van der Waals surface area contributed by atoms with Gasteiger partial charge in [-0.3, -0.25) is 0 Å². The van der Waals surface area contributed by atoms with Crippen LogP contribution in [0, 0.1) is 11.8 Å². The van der Waals surface area contributed by atoms with Gasteiger partial charge < -0.3 is 10.1 Å². The summed E-state index contributed by atoms with van der Waals surface area (Å²) in [5, 5.41) is 3.85. The van der Waals surface area contributed by atoms with E-state index in [1.165, 1.54) is 51.4 Å². The zero-order chi connectivity index (χ0) is 15.5. The molecule has 0 aromatic carbocycles. The zero-order valence-electron chi connectivity index (χ0n) is 15.0. The first-order valence-electron chi connectivity index (χ1n) is 9.27. The summed E-state index contributed by atoms with van der Waals surface area (Å²) >= 11 is 0. The molecule has 1 saturated carbocycles. The Balaban J connectivity index is 1.97. The lowest BCUT2D eigenvalue weighted by Gasteiger charge is -2.34. The van der Waals surface area contributed by atoms with Crippen LogP contribution in [0.1, 0.15) is 86.0 Å². The van der Waals surface area contributed by atoms with Crippen molar-refractivity contribution in [1.82, 2.24) is 5.32 Å². The lowest BCUT2D eigenvalue weighted by Crippen LogP contribution is -2.44. The largest absolute Gasteiger partial charge is 0.369 e. The van der Waals surface area contributed by atoms with Gasteiger partial charge in [0.25, 0.3) is 0 Å². The number of nitrogens with one attached hydrogen (secondary N) is 1. The summed E-state index contributed by atoms with van der Waals surface area (Å²) in [4.78, 5) is 0. The highest BCUT2D eigenvalue weighted by Gasteiger charge is 2.48. The fraction of sp³-hybridized carbons (Fsp3) is 1.00. The average Bonchev–Trinajstić information content (AvgIpc) is 2.95. The quantitative estimate of drug-likeness (QED) is 0.720. The Labute approximate surface area is 132 Å². The molecule has 1 aliphatic heterocycles. The van der Waals surface area contributed by atoms with E-state index in [4.69, 9.17) is 4.74 Å². The monoisotopic (exact) mass is 295 g/mol. The third-order valence-electron chi connectivity index (χ3n) is 5.65. The fourth-order valence-electron chi connectivity index (χ4n) is 4.72. The molecule has 0 bridgehead atoms. The minimum absolute atomic E-state index is 0.00455. The molecule has 124 valence electrons. The zero-order valence-corrected chi connectivity index (χ0v) is 15.0. The van der Waals surface area contributed by atoms with E-state index < -0.39 is 0 Å². The summed E-state index contributed by atoms with van der Waals surface area (Å²) in [6.07, 6.45) is 11.0. The van der Waals surface area contributed by atoms with Crippen LogP contribution in [-0.2, 0) is 4.74 Å². The van der Waals surface area contributed by atoms with Gasteiger partial charge in [-0.25, -0.2) is 0 Å². The molecule has 21 heavy (non-hydrogen) atoms. The first kappa shape index (κ1) is 17.3. The van der Waals surface area contributed by atoms with Gasteiger partial charge in [0.15, 0.2) is 0 Å². The second kappa shape index (κ2) is 7.00. The SMILES string of the molecule is CCCNC(CCC1CCCC1)C1CC(C)(C)OC1(C)C. The minimum atomic E-state index is 0.00455. The third kappa shape index (κ3) is 4.69. The molecule has 1 saturated heterocycles. The standard InChI is InChI=1S/C19H37NO/c1-6-13-20-17(12-11-15-9-7-8-10-15)16-14-18(2,3)21-19(16,4)5/h15-17,20H,6-14H2,1-5H3. The molecule has 2 aliphatic rings. The van der Waals surface area contributed by atoms with Crippen LogP contribution in [0.5, 0.6) is 0 Å². The first-order valence-corrected chi connectivity index (χ1v) is 9.27. The maximum atomic E-state index is 6.34. The Bertz CT molecular complexity index is 318. The molecule has 1 N–H and O–H groups in total. The summed E-state index contributed by atoms with van der Waals surface area (Å²) in [6.45, 7) is 12.5. The molecule has 0 aromatic rings. The van der Waals surface area contributed by atoms with Crippen LogP contribution in [0.3, 0.4) is 0 Å². The van der Waals surface area contributed by atoms with Crippen LogP contribution in [-0.4, -0.2) is 23.8 Å². The van der Waals surface area contributed by atoms with E-state index in [1.54, 1.807) is 0 Å². The van der Waals surface area contributed by atoms with E-state index in [0.717, 1.165) is 12.5 Å². The second-order valence-electron chi connectivity index (χ2n) is 8.56. The van der Waals surface area contributed by atoms with Gasteiger partial charge in [0.2, 0.25) is 0 Å². The Hall–Kier alpha value is -0.0800. The fourth-order valence-corrected chi connectivity index (χ4v) is 4.72. The summed E-state index contributed by atoms with van der Waals surface area (Å²) < 4.78 is 6.34. The molecular formula is C19H37NO. The van der Waals surface area contributed by atoms with Gasteiger partial charge in [-0.15, -0.1) is 0 Å². The maximum absolute atomic E-state index is 6.34. The van der Waals surface area contributed by atoms with Crippen LogP contribution in [0.25, 0.3) is 0 Å². The van der Waals surface area contributed by atoms with Crippen molar-refractivity contribution in [3.63, 3.8) is 0 Å². The van der Waals surface area contributed by atoms with Gasteiger partial charge in [0.1, 0.15) is 0 Å². The predicted molar refractivity (Wildman–Crippen MR) is 90.6 cm³/mol. The molecule has 0 amide bonds. The molecule has 2 rings (SSSR count). The van der Waals surface area contributed by atoms with E-state index in [9.17, 15) is 0 Å². The Kier molecular flexibility index (Phi) is 5.76. The number of ether oxygens (including phenoxy) is 1. The number of hydrogen-bond acceptors (Lipinski definition) is 2. The van der Waals surface area contributed by atoms with Crippen LogP contribution in [0.2, 0.25) is 0 Å². The van der Waals surface area contributed by atoms with Gasteiger partial charge in [0.05, 0.1) is 11.2 Å². The van der Waals surface area contributed by atoms with E-state index in [-0.39, 0.29) is 11.2 Å². The summed E-state index contributed by atoms with van der Waals surface area (Å²) in [7, 11) is 0. The second-order valence-corrected chi connectivity index (χ2v) is 8.56. The van der Waals surface area contributed by atoms with Crippen molar-refractivity contribution >= 4 is 0 Å². The lowest BCUT2D eigenvalue weighted by molar-refractivity contribution is -0.0780. The minimum Gasteiger partial charge on any atom is -0.369 e. The molecule has 2 nitrogen and oxygen atoms in total.